The van der Waals surface area contributed by atoms with Crippen LogP contribution in [-0.2, 0) is 10.7 Å². The van der Waals surface area contributed by atoms with Crippen molar-refractivity contribution in [2.24, 2.45) is 5.41 Å². The first-order valence-electron chi connectivity index (χ1n) is 5.66. The number of carboxylic acid groups (broad SMARTS) is 1. The first-order chi connectivity index (χ1) is 9.01. The van der Waals surface area contributed by atoms with Gasteiger partial charge in [0.2, 0.25) is 0 Å². The minimum Gasteiger partial charge on any atom is -0.496 e. The van der Waals surface area contributed by atoms with Gasteiger partial charge in [-0.25, -0.2) is 13.2 Å². The summed E-state index contributed by atoms with van der Waals surface area (Å²) in [6, 6.07) is 1.74. The molecule has 0 saturated heterocycles. The lowest BCUT2D eigenvalue weighted by molar-refractivity contribution is -0.153. The van der Waals surface area contributed by atoms with Crippen molar-refractivity contribution in [1.29, 1.82) is 0 Å². The van der Waals surface area contributed by atoms with E-state index in [0.29, 0.717) is 0 Å². The fraction of sp³-hybridized carbons (Fsp3) is 0.462. The third kappa shape index (κ3) is 3.45. The van der Waals surface area contributed by atoms with Gasteiger partial charge < -0.3 is 9.84 Å². The standard InChI is InChI=1S/C13H14BrF3O3/c1-12(2,11(18)19)6-13(16,17)7-4-8(14)9(15)5-10(7)20-3/h4-5H,6H2,1-3H3,(H,18,19). The van der Waals surface area contributed by atoms with Gasteiger partial charge in [0.15, 0.2) is 0 Å². The minimum atomic E-state index is -3.47. The molecule has 0 saturated carbocycles. The summed E-state index contributed by atoms with van der Waals surface area (Å²) in [5.41, 5.74) is -2.18. The molecule has 3 nitrogen and oxygen atoms in total. The molecule has 0 radical (unpaired) electrons. The Hall–Kier alpha value is -1.24. The summed E-state index contributed by atoms with van der Waals surface area (Å²) in [7, 11) is 1.14. The van der Waals surface area contributed by atoms with Gasteiger partial charge in [0.05, 0.1) is 22.6 Å². The van der Waals surface area contributed by atoms with Crippen molar-refractivity contribution in [2.75, 3.05) is 7.11 Å². The molecule has 0 aliphatic rings. The van der Waals surface area contributed by atoms with Crippen LogP contribution in [0.3, 0.4) is 0 Å². The van der Waals surface area contributed by atoms with E-state index in [4.69, 9.17) is 9.84 Å². The summed E-state index contributed by atoms with van der Waals surface area (Å²) >= 11 is 2.83. The maximum absolute atomic E-state index is 14.3. The molecule has 0 spiro atoms. The topological polar surface area (TPSA) is 46.5 Å². The molecule has 1 aromatic carbocycles. The van der Waals surface area contributed by atoms with Gasteiger partial charge in [-0.1, -0.05) is 0 Å². The molecule has 7 heteroatoms. The number of hydrogen-bond acceptors (Lipinski definition) is 2. The molecule has 0 aliphatic heterocycles. The van der Waals surface area contributed by atoms with Crippen LogP contribution in [0.1, 0.15) is 25.8 Å². The maximum atomic E-state index is 14.3. The number of carboxylic acids is 1. The van der Waals surface area contributed by atoms with Crippen LogP contribution in [0.25, 0.3) is 0 Å². The summed E-state index contributed by atoms with van der Waals surface area (Å²) in [6.45, 7) is 2.41. The Labute approximate surface area is 122 Å². The molecule has 0 fully saturated rings. The van der Waals surface area contributed by atoms with Crippen molar-refractivity contribution in [3.8, 4) is 5.75 Å². The monoisotopic (exact) mass is 354 g/mol. The molecule has 0 aromatic heterocycles. The van der Waals surface area contributed by atoms with E-state index in [2.05, 4.69) is 15.9 Å². The summed E-state index contributed by atoms with van der Waals surface area (Å²) in [5.74, 6) is -5.86. The molecular weight excluding hydrogens is 341 g/mol. The molecule has 0 amide bonds. The second kappa shape index (κ2) is 5.63. The predicted octanol–water partition coefficient (Wildman–Crippen LogP) is 4.19. The van der Waals surface area contributed by atoms with Gasteiger partial charge in [-0.3, -0.25) is 4.79 Å². The Morgan fingerprint density at radius 2 is 1.95 bits per heavy atom. The number of carbonyl (C=O) groups is 1. The summed E-state index contributed by atoms with van der Waals surface area (Å²) in [6.07, 6.45) is -0.927. The van der Waals surface area contributed by atoms with Gasteiger partial charge in [0, 0.05) is 12.5 Å². The molecule has 1 N–H and O–H groups in total. The minimum absolute atomic E-state index is 0.138. The third-order valence-corrected chi connectivity index (χ3v) is 3.49. The average Bonchev–Trinajstić information content (AvgIpc) is 2.30. The van der Waals surface area contributed by atoms with E-state index in [9.17, 15) is 18.0 Å². The van der Waals surface area contributed by atoms with Crippen molar-refractivity contribution in [1.82, 2.24) is 0 Å². The number of halogens is 4. The zero-order valence-electron chi connectivity index (χ0n) is 11.1. The van der Waals surface area contributed by atoms with Crippen LogP contribution in [0.4, 0.5) is 13.2 Å². The van der Waals surface area contributed by atoms with Crippen molar-refractivity contribution >= 4 is 21.9 Å². The third-order valence-electron chi connectivity index (χ3n) is 2.88. The number of aliphatic carboxylic acids is 1. The Morgan fingerprint density at radius 1 is 1.40 bits per heavy atom. The number of rotatable bonds is 5. The van der Waals surface area contributed by atoms with Crippen LogP contribution in [0, 0.1) is 11.2 Å². The first-order valence-corrected chi connectivity index (χ1v) is 6.45. The average molecular weight is 355 g/mol. The zero-order chi connectivity index (χ0) is 15.7. The molecule has 112 valence electrons. The molecule has 1 rings (SSSR count). The van der Waals surface area contributed by atoms with Gasteiger partial charge >= 0.3 is 5.97 Å². The van der Waals surface area contributed by atoms with Gasteiger partial charge in [0.25, 0.3) is 5.92 Å². The molecular formula is C13H14BrF3O3. The van der Waals surface area contributed by atoms with Gasteiger partial charge in [-0.2, -0.15) is 0 Å². The van der Waals surface area contributed by atoms with Crippen LogP contribution < -0.4 is 4.74 Å². The van der Waals surface area contributed by atoms with Gasteiger partial charge in [0.1, 0.15) is 11.6 Å². The second-order valence-corrected chi connectivity index (χ2v) is 5.89. The quantitative estimate of drug-likeness (QED) is 0.862. The molecule has 20 heavy (non-hydrogen) atoms. The summed E-state index contributed by atoms with van der Waals surface area (Å²) < 4.78 is 46.5. The van der Waals surface area contributed by atoms with E-state index in [-0.39, 0.29) is 10.2 Å². The lowest BCUT2D eigenvalue weighted by Crippen LogP contribution is -2.31. The van der Waals surface area contributed by atoms with E-state index in [0.717, 1.165) is 19.2 Å². The second-order valence-electron chi connectivity index (χ2n) is 5.04. The van der Waals surface area contributed by atoms with Gasteiger partial charge in [-0.05, 0) is 35.8 Å². The van der Waals surface area contributed by atoms with Crippen molar-refractivity contribution in [3.05, 3.63) is 28.0 Å². The Kier molecular flexibility index (Phi) is 4.74. The first kappa shape index (κ1) is 16.8. The Morgan fingerprint density at radius 3 is 2.40 bits per heavy atom. The van der Waals surface area contributed by atoms with E-state index < -0.39 is 35.1 Å². The van der Waals surface area contributed by atoms with Crippen LogP contribution in [0.5, 0.6) is 5.75 Å². The number of benzene rings is 1. The zero-order valence-corrected chi connectivity index (χ0v) is 12.7. The van der Waals surface area contributed by atoms with Crippen LogP contribution >= 0.6 is 15.9 Å². The highest BCUT2D eigenvalue weighted by Crippen LogP contribution is 2.44. The summed E-state index contributed by atoms with van der Waals surface area (Å²) in [5, 5.41) is 8.94. The maximum Gasteiger partial charge on any atom is 0.309 e. The molecule has 0 aliphatic carbocycles. The number of methoxy groups -OCH3 is 1. The van der Waals surface area contributed by atoms with Crippen LogP contribution in [-0.4, -0.2) is 18.2 Å². The van der Waals surface area contributed by atoms with Crippen molar-refractivity contribution < 1.29 is 27.8 Å². The number of alkyl halides is 2. The van der Waals surface area contributed by atoms with Crippen LogP contribution in [0.15, 0.2) is 16.6 Å². The fourth-order valence-corrected chi connectivity index (χ4v) is 2.05. The highest BCUT2D eigenvalue weighted by Gasteiger charge is 2.44. The number of hydrogen-bond donors (Lipinski definition) is 1. The summed E-state index contributed by atoms with van der Waals surface area (Å²) in [4.78, 5) is 11.0. The largest absolute Gasteiger partial charge is 0.496 e. The fourth-order valence-electron chi connectivity index (χ4n) is 1.71. The van der Waals surface area contributed by atoms with E-state index >= 15 is 0 Å². The molecule has 0 atom stereocenters. The Balaban J connectivity index is 3.28. The number of ether oxygens (including phenoxy) is 1. The normalized spacial score (nSPS) is 12.3. The highest BCUT2D eigenvalue weighted by atomic mass is 79.9. The van der Waals surface area contributed by atoms with Gasteiger partial charge in [-0.15, -0.1) is 0 Å². The lowest BCUT2D eigenvalue weighted by Gasteiger charge is -2.27. The molecule has 0 bridgehead atoms. The van der Waals surface area contributed by atoms with Crippen LogP contribution in [0.2, 0.25) is 0 Å². The molecule has 0 unspecified atom stereocenters. The highest BCUT2D eigenvalue weighted by molar-refractivity contribution is 9.10. The van der Waals surface area contributed by atoms with E-state index in [1.807, 2.05) is 0 Å². The Bertz CT molecular complexity index is 530. The van der Waals surface area contributed by atoms with Crippen molar-refractivity contribution in [2.45, 2.75) is 26.2 Å². The smallest absolute Gasteiger partial charge is 0.309 e. The molecule has 0 heterocycles. The SMILES string of the molecule is COc1cc(F)c(Br)cc1C(F)(F)CC(C)(C)C(=O)O. The predicted molar refractivity (Wildman–Crippen MR) is 70.6 cm³/mol. The van der Waals surface area contributed by atoms with Crippen molar-refractivity contribution in [3.63, 3.8) is 0 Å². The van der Waals surface area contributed by atoms with E-state index in [1.165, 1.54) is 13.8 Å². The molecule has 1 aromatic rings. The van der Waals surface area contributed by atoms with E-state index in [1.54, 1.807) is 0 Å². The lowest BCUT2D eigenvalue weighted by atomic mass is 9.84.